The summed E-state index contributed by atoms with van der Waals surface area (Å²) in [5, 5.41) is 3.72. The summed E-state index contributed by atoms with van der Waals surface area (Å²) >= 11 is 0. The van der Waals surface area contributed by atoms with Crippen LogP contribution < -0.4 is 5.32 Å². The normalized spacial score (nSPS) is 24.1. The number of nitrogens with zero attached hydrogens (tertiary/aromatic N) is 2. The molecule has 3 rings (SSSR count). The van der Waals surface area contributed by atoms with Crippen molar-refractivity contribution >= 4 is 0 Å². The van der Waals surface area contributed by atoms with Gasteiger partial charge in [-0.2, -0.15) is 0 Å². The van der Waals surface area contributed by atoms with Crippen molar-refractivity contribution in [1.82, 2.24) is 15.2 Å². The Hall–Kier alpha value is -0.930. The Balaban J connectivity index is 1.50. The van der Waals surface area contributed by atoms with Gasteiger partial charge in [-0.15, -0.1) is 0 Å². The Kier molecular flexibility index (Phi) is 4.46. The van der Waals surface area contributed by atoms with Crippen LogP contribution in [0.25, 0.3) is 0 Å². The van der Waals surface area contributed by atoms with E-state index in [1.807, 2.05) is 6.20 Å². The first-order valence-electron chi connectivity index (χ1n) is 7.83. The second kappa shape index (κ2) is 6.49. The second-order valence-corrected chi connectivity index (χ2v) is 5.85. The molecule has 1 N–H and O–H groups in total. The Morgan fingerprint density at radius 2 is 2.11 bits per heavy atom. The minimum atomic E-state index is 0.481. The Bertz CT molecular complexity index is 399. The number of fused-ring (bicyclic) bond motifs is 1. The number of pyridine rings is 1. The van der Waals surface area contributed by atoms with Crippen LogP contribution in [0.3, 0.4) is 0 Å². The molecule has 1 unspecified atom stereocenters. The van der Waals surface area contributed by atoms with E-state index in [9.17, 15) is 0 Å². The average Bonchev–Trinajstić information content (AvgIpc) is 2.49. The van der Waals surface area contributed by atoms with E-state index in [1.165, 1.54) is 69.4 Å². The van der Waals surface area contributed by atoms with Gasteiger partial charge in [0.05, 0.1) is 5.69 Å². The lowest BCUT2D eigenvalue weighted by molar-refractivity contribution is 0.224. The average molecular weight is 259 g/mol. The smallest absolute Gasteiger partial charge is 0.0605 e. The van der Waals surface area contributed by atoms with E-state index in [1.54, 1.807) is 0 Å². The standard InChI is InChI=1S/C16H25N3/c1-2-11-19(12-3-1)13-10-17-15-8-4-6-14-7-5-9-18-16(14)15/h5,7,9,15,17H,1-4,6,8,10-13H2. The lowest BCUT2D eigenvalue weighted by Gasteiger charge is -2.29. The molecule has 0 radical (unpaired) electrons. The first-order valence-corrected chi connectivity index (χ1v) is 7.83. The van der Waals surface area contributed by atoms with Crippen LogP contribution in [0.15, 0.2) is 18.3 Å². The Morgan fingerprint density at radius 1 is 1.21 bits per heavy atom. The van der Waals surface area contributed by atoms with Gasteiger partial charge in [0.2, 0.25) is 0 Å². The summed E-state index contributed by atoms with van der Waals surface area (Å²) < 4.78 is 0. The van der Waals surface area contributed by atoms with Crippen LogP contribution in [-0.2, 0) is 6.42 Å². The van der Waals surface area contributed by atoms with E-state index in [0.29, 0.717) is 6.04 Å². The number of hydrogen-bond acceptors (Lipinski definition) is 3. The highest BCUT2D eigenvalue weighted by Gasteiger charge is 2.20. The molecule has 3 heteroatoms. The molecule has 1 atom stereocenters. The number of aryl methyl sites for hydroxylation is 1. The quantitative estimate of drug-likeness (QED) is 0.900. The van der Waals surface area contributed by atoms with Gasteiger partial charge in [-0.3, -0.25) is 4.98 Å². The van der Waals surface area contributed by atoms with Gasteiger partial charge in [-0.1, -0.05) is 12.5 Å². The van der Waals surface area contributed by atoms with Crippen LogP contribution in [0, 0.1) is 0 Å². The summed E-state index contributed by atoms with van der Waals surface area (Å²) in [6, 6.07) is 4.78. The molecule has 1 aliphatic carbocycles. The first kappa shape index (κ1) is 13.1. The summed E-state index contributed by atoms with van der Waals surface area (Å²) in [6.45, 7) is 4.88. The van der Waals surface area contributed by atoms with Crippen molar-refractivity contribution in [1.29, 1.82) is 0 Å². The maximum atomic E-state index is 4.59. The third kappa shape index (κ3) is 3.34. The van der Waals surface area contributed by atoms with Crippen molar-refractivity contribution in [3.63, 3.8) is 0 Å². The Labute approximate surface area is 116 Å². The van der Waals surface area contributed by atoms with Gasteiger partial charge < -0.3 is 10.2 Å². The third-order valence-electron chi connectivity index (χ3n) is 4.46. The van der Waals surface area contributed by atoms with E-state index in [2.05, 4.69) is 27.3 Å². The van der Waals surface area contributed by atoms with E-state index in [4.69, 9.17) is 0 Å². The molecule has 104 valence electrons. The zero-order valence-corrected chi connectivity index (χ0v) is 11.8. The maximum Gasteiger partial charge on any atom is 0.0605 e. The van der Waals surface area contributed by atoms with Crippen molar-refractivity contribution in [2.75, 3.05) is 26.2 Å². The molecule has 0 amide bonds. The van der Waals surface area contributed by atoms with Crippen LogP contribution in [0.1, 0.15) is 49.4 Å². The molecule has 0 bridgehead atoms. The molecule has 1 aromatic rings. The minimum Gasteiger partial charge on any atom is -0.307 e. The highest BCUT2D eigenvalue weighted by Crippen LogP contribution is 2.27. The lowest BCUT2D eigenvalue weighted by Crippen LogP contribution is -2.37. The highest BCUT2D eigenvalue weighted by atomic mass is 15.1. The Morgan fingerprint density at radius 3 is 3.00 bits per heavy atom. The molecule has 3 nitrogen and oxygen atoms in total. The van der Waals surface area contributed by atoms with Crippen molar-refractivity contribution in [3.8, 4) is 0 Å². The fourth-order valence-electron chi connectivity index (χ4n) is 3.39. The van der Waals surface area contributed by atoms with Crippen LogP contribution in [0.4, 0.5) is 0 Å². The maximum absolute atomic E-state index is 4.59. The number of rotatable bonds is 4. The molecular formula is C16H25N3. The summed E-state index contributed by atoms with van der Waals surface area (Å²) in [5.41, 5.74) is 2.75. The van der Waals surface area contributed by atoms with Crippen molar-refractivity contribution < 1.29 is 0 Å². The molecular weight excluding hydrogens is 234 g/mol. The van der Waals surface area contributed by atoms with Gasteiger partial charge in [-0.25, -0.2) is 0 Å². The lowest BCUT2D eigenvalue weighted by atomic mass is 9.92. The van der Waals surface area contributed by atoms with E-state index >= 15 is 0 Å². The molecule has 0 aromatic carbocycles. The van der Waals surface area contributed by atoms with Crippen molar-refractivity contribution in [3.05, 3.63) is 29.6 Å². The van der Waals surface area contributed by atoms with Gasteiger partial charge in [0.15, 0.2) is 0 Å². The molecule has 19 heavy (non-hydrogen) atoms. The molecule has 1 aromatic heterocycles. The minimum absolute atomic E-state index is 0.481. The summed E-state index contributed by atoms with van der Waals surface area (Å²) in [6.07, 6.45) is 9.85. The van der Waals surface area contributed by atoms with Crippen molar-refractivity contribution in [2.45, 2.75) is 44.6 Å². The van der Waals surface area contributed by atoms with E-state index in [0.717, 1.165) is 6.54 Å². The van der Waals surface area contributed by atoms with E-state index in [-0.39, 0.29) is 0 Å². The molecule has 0 spiro atoms. The molecule has 2 heterocycles. The monoisotopic (exact) mass is 259 g/mol. The molecule has 0 saturated carbocycles. The van der Waals surface area contributed by atoms with Gasteiger partial charge in [0, 0.05) is 25.3 Å². The number of piperidine rings is 1. The predicted molar refractivity (Wildman–Crippen MR) is 78.2 cm³/mol. The predicted octanol–water partition coefficient (Wildman–Crippen LogP) is 2.53. The summed E-state index contributed by atoms with van der Waals surface area (Å²) in [5.74, 6) is 0. The van der Waals surface area contributed by atoms with Gasteiger partial charge >= 0.3 is 0 Å². The molecule has 1 saturated heterocycles. The largest absolute Gasteiger partial charge is 0.307 e. The van der Waals surface area contributed by atoms with Crippen LogP contribution in [-0.4, -0.2) is 36.1 Å². The fraction of sp³-hybridized carbons (Fsp3) is 0.688. The van der Waals surface area contributed by atoms with Gasteiger partial charge in [0.1, 0.15) is 0 Å². The van der Waals surface area contributed by atoms with Gasteiger partial charge in [0.25, 0.3) is 0 Å². The first-order chi connectivity index (χ1) is 9.43. The zero-order chi connectivity index (χ0) is 12.9. The summed E-state index contributed by atoms with van der Waals surface area (Å²) in [4.78, 5) is 7.19. The highest BCUT2D eigenvalue weighted by molar-refractivity contribution is 5.25. The van der Waals surface area contributed by atoms with Crippen LogP contribution >= 0.6 is 0 Å². The number of aromatic nitrogens is 1. The van der Waals surface area contributed by atoms with Crippen LogP contribution in [0.2, 0.25) is 0 Å². The van der Waals surface area contributed by atoms with Crippen molar-refractivity contribution in [2.24, 2.45) is 0 Å². The topological polar surface area (TPSA) is 28.2 Å². The van der Waals surface area contributed by atoms with Gasteiger partial charge in [-0.05, 0) is 56.8 Å². The molecule has 1 fully saturated rings. The molecule has 2 aliphatic rings. The number of likely N-dealkylation sites (tertiary alicyclic amines) is 1. The zero-order valence-electron chi connectivity index (χ0n) is 11.8. The second-order valence-electron chi connectivity index (χ2n) is 5.85. The third-order valence-corrected chi connectivity index (χ3v) is 4.46. The summed E-state index contributed by atoms with van der Waals surface area (Å²) in [7, 11) is 0. The molecule has 1 aliphatic heterocycles. The number of nitrogens with one attached hydrogen (secondary N) is 1. The van der Waals surface area contributed by atoms with Crippen LogP contribution in [0.5, 0.6) is 0 Å². The SMILES string of the molecule is c1cnc2c(c1)CCCC2NCCN1CCCCC1. The van der Waals surface area contributed by atoms with E-state index < -0.39 is 0 Å². The fourth-order valence-corrected chi connectivity index (χ4v) is 3.39. The number of hydrogen-bond donors (Lipinski definition) is 1.